The average Bonchev–Trinajstić information content (AvgIpc) is 3.22. The highest BCUT2D eigenvalue weighted by atomic mass is 35.5. The van der Waals surface area contributed by atoms with E-state index in [2.05, 4.69) is 35.9 Å². The second-order valence-corrected chi connectivity index (χ2v) is 9.59. The number of alkyl carbamates (subject to hydrolysis) is 1. The lowest BCUT2D eigenvalue weighted by Gasteiger charge is -2.22. The van der Waals surface area contributed by atoms with Crippen molar-refractivity contribution in [3.05, 3.63) is 35.9 Å². The predicted octanol–water partition coefficient (Wildman–Crippen LogP) is 3.88. The van der Waals surface area contributed by atoms with Gasteiger partial charge >= 0.3 is 6.09 Å². The van der Waals surface area contributed by atoms with Gasteiger partial charge in [-0.1, -0.05) is 11.6 Å². The molecule has 35 heavy (non-hydrogen) atoms. The van der Waals surface area contributed by atoms with E-state index in [1.807, 2.05) is 25.7 Å². The summed E-state index contributed by atoms with van der Waals surface area (Å²) in [4.78, 5) is 43.4. The van der Waals surface area contributed by atoms with Gasteiger partial charge in [0.25, 0.3) is 0 Å². The van der Waals surface area contributed by atoms with Gasteiger partial charge in [0, 0.05) is 20.0 Å². The van der Waals surface area contributed by atoms with Crippen molar-refractivity contribution in [2.75, 3.05) is 28.6 Å². The summed E-state index contributed by atoms with van der Waals surface area (Å²) in [5, 5.41) is 9.18. The molecule has 4 rings (SSSR count). The molecule has 4 heterocycles. The molecule has 11 nitrogen and oxygen atoms in total. The third-order valence-electron chi connectivity index (χ3n) is 5.09. The molecule has 0 spiro atoms. The van der Waals surface area contributed by atoms with Gasteiger partial charge in [0.1, 0.15) is 16.3 Å². The molecule has 1 aliphatic rings. The molecule has 1 fully saturated rings. The lowest BCUT2D eigenvalue weighted by molar-refractivity contribution is -0.114. The predicted molar refractivity (Wildman–Crippen MR) is 134 cm³/mol. The largest absolute Gasteiger partial charge is 0.444 e. The van der Waals surface area contributed by atoms with E-state index in [1.165, 1.54) is 6.92 Å². The fourth-order valence-electron chi connectivity index (χ4n) is 3.68. The van der Waals surface area contributed by atoms with Gasteiger partial charge in [-0.05, 0) is 39.3 Å². The Hall–Kier alpha value is -3.73. The quantitative estimate of drug-likeness (QED) is 0.448. The molecule has 0 aromatic carbocycles. The number of halogens is 1. The third kappa shape index (κ3) is 6.24. The maximum absolute atomic E-state index is 12.0. The highest BCUT2D eigenvalue weighted by molar-refractivity contribution is 6.30. The number of ether oxygens (including phenoxy) is 1. The maximum Gasteiger partial charge on any atom is 0.407 e. The Morgan fingerprint density at radius 3 is 2.57 bits per heavy atom. The number of carbonyl (C=O) groups excluding carboxylic acids is 2. The molecule has 184 valence electrons. The number of pyridine rings is 2. The van der Waals surface area contributed by atoms with Gasteiger partial charge in [-0.3, -0.25) is 9.78 Å². The molecule has 3 aromatic rings. The summed E-state index contributed by atoms with van der Waals surface area (Å²) in [5.74, 6) is 0.304. The number of rotatable bonds is 5. The van der Waals surface area contributed by atoms with Gasteiger partial charge in [-0.25, -0.2) is 19.7 Å². The smallest absolute Gasteiger partial charge is 0.407 e. The normalized spacial score (nSPS) is 15.7. The summed E-state index contributed by atoms with van der Waals surface area (Å²) in [6.07, 6.45) is 5.17. The molecule has 12 heteroatoms. The molecule has 1 atom stereocenters. The van der Waals surface area contributed by atoms with Crippen LogP contribution in [-0.2, 0) is 9.53 Å². The Bertz CT molecular complexity index is 1250. The van der Waals surface area contributed by atoms with Crippen molar-refractivity contribution in [3.63, 3.8) is 0 Å². The monoisotopic (exact) mass is 498 g/mol. The number of nitrogens with one attached hydrogen (secondary N) is 3. The molecule has 3 aromatic heterocycles. The van der Waals surface area contributed by atoms with Crippen molar-refractivity contribution in [2.24, 2.45) is 0 Å². The number of nitrogens with zero attached hydrogens (tertiary/aromatic N) is 5. The zero-order chi connectivity index (χ0) is 25.2. The van der Waals surface area contributed by atoms with E-state index in [0.717, 1.165) is 6.42 Å². The van der Waals surface area contributed by atoms with E-state index in [-0.39, 0.29) is 11.9 Å². The van der Waals surface area contributed by atoms with E-state index >= 15 is 0 Å². The second-order valence-electron chi connectivity index (χ2n) is 9.20. The SMILES string of the molecule is CC(=O)Nc1cnc2ccc(Cl)nc2c1Nc1cnc(N2CCC(NC(=O)OC(C)(C)C)C2)nc1. The van der Waals surface area contributed by atoms with Crippen LogP contribution >= 0.6 is 11.6 Å². The maximum atomic E-state index is 12.0. The van der Waals surface area contributed by atoms with E-state index < -0.39 is 11.7 Å². The molecule has 0 radical (unpaired) electrons. The number of fused-ring (bicyclic) bond motifs is 1. The molecule has 1 saturated heterocycles. The Balaban J connectivity index is 1.48. The highest BCUT2D eigenvalue weighted by Crippen LogP contribution is 2.32. The standard InChI is InChI=1S/C23H27ClN8O3/c1-13(33)28-17-11-25-16-5-6-18(24)31-19(16)20(17)29-15-9-26-21(27-10-15)32-8-7-14(12-32)30-22(34)35-23(2,3)4/h5-6,9-11,14H,7-8,12H2,1-4H3,(H,25,29)(H,28,33)(H,30,34). The Labute approximate surface area is 207 Å². The summed E-state index contributed by atoms with van der Waals surface area (Å²) in [6.45, 7) is 8.19. The van der Waals surface area contributed by atoms with Crippen molar-refractivity contribution in [2.45, 2.75) is 45.8 Å². The van der Waals surface area contributed by atoms with Gasteiger partial charge in [-0.15, -0.1) is 0 Å². The molecule has 0 aliphatic carbocycles. The first kappa shape index (κ1) is 24.4. The van der Waals surface area contributed by atoms with Crippen LogP contribution in [0, 0.1) is 0 Å². The van der Waals surface area contributed by atoms with Crippen LogP contribution in [0.1, 0.15) is 34.1 Å². The molecule has 1 aliphatic heterocycles. The molecular formula is C23H27ClN8O3. The summed E-state index contributed by atoms with van der Waals surface area (Å²) in [5.41, 5.74) is 2.16. The molecule has 1 unspecified atom stereocenters. The van der Waals surface area contributed by atoms with Gasteiger partial charge in [-0.2, -0.15) is 0 Å². The number of carbonyl (C=O) groups is 2. The molecule has 0 saturated carbocycles. The average molecular weight is 499 g/mol. The van der Waals surface area contributed by atoms with Crippen LogP contribution in [0.3, 0.4) is 0 Å². The number of amides is 2. The molecular weight excluding hydrogens is 472 g/mol. The minimum atomic E-state index is -0.547. The minimum Gasteiger partial charge on any atom is -0.444 e. The number of hydrogen-bond acceptors (Lipinski definition) is 9. The summed E-state index contributed by atoms with van der Waals surface area (Å²) < 4.78 is 5.33. The van der Waals surface area contributed by atoms with E-state index in [0.29, 0.717) is 52.3 Å². The van der Waals surface area contributed by atoms with Gasteiger partial charge in [0.15, 0.2) is 0 Å². The van der Waals surface area contributed by atoms with Crippen LogP contribution < -0.4 is 20.9 Å². The fourth-order valence-corrected chi connectivity index (χ4v) is 3.83. The zero-order valence-corrected chi connectivity index (χ0v) is 20.7. The van der Waals surface area contributed by atoms with Crippen molar-refractivity contribution < 1.29 is 14.3 Å². The number of anilines is 4. The summed E-state index contributed by atoms with van der Waals surface area (Å²) in [7, 11) is 0. The Morgan fingerprint density at radius 2 is 1.89 bits per heavy atom. The van der Waals surface area contributed by atoms with E-state index in [1.54, 1.807) is 30.7 Å². The summed E-state index contributed by atoms with van der Waals surface area (Å²) >= 11 is 6.10. The topological polar surface area (TPSA) is 134 Å². The van der Waals surface area contributed by atoms with Crippen molar-refractivity contribution in [1.82, 2.24) is 25.3 Å². The third-order valence-corrected chi connectivity index (χ3v) is 5.30. The van der Waals surface area contributed by atoms with Crippen LogP contribution in [0.5, 0.6) is 0 Å². The first-order chi connectivity index (χ1) is 16.6. The first-order valence-electron chi connectivity index (χ1n) is 11.1. The first-order valence-corrected chi connectivity index (χ1v) is 11.5. The highest BCUT2D eigenvalue weighted by Gasteiger charge is 2.27. The molecule has 3 N–H and O–H groups in total. The lowest BCUT2D eigenvalue weighted by atomic mass is 10.2. The zero-order valence-electron chi connectivity index (χ0n) is 19.9. The molecule has 2 amide bonds. The van der Waals surface area contributed by atoms with Gasteiger partial charge in [0.05, 0.1) is 47.2 Å². The second kappa shape index (κ2) is 9.87. The van der Waals surface area contributed by atoms with Gasteiger partial charge in [0.2, 0.25) is 11.9 Å². The van der Waals surface area contributed by atoms with Crippen LogP contribution in [0.15, 0.2) is 30.7 Å². The minimum absolute atomic E-state index is 0.0505. The van der Waals surface area contributed by atoms with Crippen LogP contribution in [0.4, 0.5) is 27.8 Å². The Morgan fingerprint density at radius 1 is 1.14 bits per heavy atom. The van der Waals surface area contributed by atoms with Crippen LogP contribution in [0.25, 0.3) is 11.0 Å². The van der Waals surface area contributed by atoms with E-state index in [4.69, 9.17) is 16.3 Å². The number of aromatic nitrogens is 4. The van der Waals surface area contributed by atoms with Crippen molar-refractivity contribution in [3.8, 4) is 0 Å². The number of hydrogen-bond donors (Lipinski definition) is 3. The van der Waals surface area contributed by atoms with E-state index in [9.17, 15) is 9.59 Å². The Kier molecular flexibility index (Phi) is 6.88. The molecule has 0 bridgehead atoms. The van der Waals surface area contributed by atoms with Crippen LogP contribution in [-0.4, -0.2) is 56.7 Å². The van der Waals surface area contributed by atoms with Crippen molar-refractivity contribution in [1.29, 1.82) is 0 Å². The fraction of sp³-hybridized carbons (Fsp3) is 0.391. The van der Waals surface area contributed by atoms with Crippen LogP contribution in [0.2, 0.25) is 5.15 Å². The lowest BCUT2D eigenvalue weighted by Crippen LogP contribution is -2.40. The van der Waals surface area contributed by atoms with Crippen molar-refractivity contribution >= 4 is 57.6 Å². The summed E-state index contributed by atoms with van der Waals surface area (Å²) in [6, 6.07) is 3.35. The van der Waals surface area contributed by atoms with Gasteiger partial charge < -0.3 is 25.6 Å².